The first kappa shape index (κ1) is 22.7. The summed E-state index contributed by atoms with van der Waals surface area (Å²) in [5.41, 5.74) is 2.16. The number of benzene rings is 1. The number of nitrogens with one attached hydrogen (secondary N) is 1. The van der Waals surface area contributed by atoms with Gasteiger partial charge in [-0.3, -0.25) is 4.79 Å². The van der Waals surface area contributed by atoms with Gasteiger partial charge < -0.3 is 14.6 Å². The van der Waals surface area contributed by atoms with Crippen molar-refractivity contribution in [2.75, 3.05) is 0 Å². The Morgan fingerprint density at radius 1 is 1.16 bits per heavy atom. The Morgan fingerprint density at radius 3 is 2.45 bits per heavy atom. The Morgan fingerprint density at radius 2 is 1.87 bits per heavy atom. The van der Waals surface area contributed by atoms with E-state index in [1.165, 1.54) is 0 Å². The van der Waals surface area contributed by atoms with E-state index in [9.17, 15) is 9.59 Å². The molecule has 7 heteroatoms. The van der Waals surface area contributed by atoms with E-state index in [1.807, 2.05) is 43.5 Å². The number of nitrogens with zero attached hydrogens (tertiary/aromatic N) is 1. The zero-order valence-electron chi connectivity index (χ0n) is 18.5. The molecular weight excluding hydrogens is 412 g/mol. The number of carbonyl (C=O) groups is 2. The summed E-state index contributed by atoms with van der Waals surface area (Å²) in [7, 11) is 0. The zero-order chi connectivity index (χ0) is 22.6. The van der Waals surface area contributed by atoms with E-state index in [1.54, 1.807) is 29.5 Å². The van der Waals surface area contributed by atoms with Crippen LogP contribution in [-0.4, -0.2) is 23.1 Å². The summed E-state index contributed by atoms with van der Waals surface area (Å²) in [5.74, 6) is -0.314. The third kappa shape index (κ3) is 5.82. The highest BCUT2D eigenvalue weighted by atomic mass is 32.1. The Labute approximate surface area is 186 Å². The molecule has 0 saturated heterocycles. The monoisotopic (exact) mass is 440 g/mol. The summed E-state index contributed by atoms with van der Waals surface area (Å²) in [6.07, 6.45) is 0. The Balaban J connectivity index is 1.60. The van der Waals surface area contributed by atoms with Crippen LogP contribution >= 0.6 is 11.3 Å². The molecule has 1 amide bonds. The molecule has 2 aromatic heterocycles. The van der Waals surface area contributed by atoms with Crippen LogP contribution in [0.2, 0.25) is 0 Å². The van der Waals surface area contributed by atoms with Gasteiger partial charge in [-0.25, -0.2) is 4.79 Å². The van der Waals surface area contributed by atoms with E-state index >= 15 is 0 Å². The smallest absolute Gasteiger partial charge is 0.329 e. The van der Waals surface area contributed by atoms with E-state index < -0.39 is 12.0 Å². The number of thiophene rings is 1. The molecular formula is C24H28N2O4S. The predicted octanol–water partition coefficient (Wildman–Crippen LogP) is 5.20. The van der Waals surface area contributed by atoms with Crippen molar-refractivity contribution in [2.24, 2.45) is 5.92 Å². The predicted molar refractivity (Wildman–Crippen MR) is 121 cm³/mol. The SMILES string of the molecule is CC(C)[C@H](NC(=O)c1ccc(C(C)(C)C)cc1)C(=O)OCc1cc(-c2cccs2)on1. The van der Waals surface area contributed by atoms with E-state index in [0.717, 1.165) is 10.4 Å². The number of ether oxygens (including phenoxy) is 1. The zero-order valence-corrected chi connectivity index (χ0v) is 19.3. The fraction of sp³-hybridized carbons (Fsp3) is 0.375. The summed E-state index contributed by atoms with van der Waals surface area (Å²) in [6, 6.07) is 12.3. The highest BCUT2D eigenvalue weighted by Gasteiger charge is 2.27. The second kappa shape index (κ2) is 9.47. The summed E-state index contributed by atoms with van der Waals surface area (Å²) >= 11 is 1.54. The second-order valence-corrected chi connectivity index (χ2v) is 9.74. The Bertz CT molecular complexity index is 1010. The molecule has 1 N–H and O–H groups in total. The fourth-order valence-corrected chi connectivity index (χ4v) is 3.67. The van der Waals surface area contributed by atoms with Gasteiger partial charge in [0.05, 0.1) is 4.88 Å². The van der Waals surface area contributed by atoms with Crippen LogP contribution in [0.1, 0.15) is 56.2 Å². The van der Waals surface area contributed by atoms with Gasteiger partial charge in [0, 0.05) is 11.6 Å². The van der Waals surface area contributed by atoms with Gasteiger partial charge in [0.15, 0.2) is 5.76 Å². The van der Waals surface area contributed by atoms with Gasteiger partial charge in [0.25, 0.3) is 5.91 Å². The van der Waals surface area contributed by atoms with E-state index in [0.29, 0.717) is 17.0 Å². The third-order valence-electron chi connectivity index (χ3n) is 4.91. The minimum absolute atomic E-state index is 0.00374. The van der Waals surface area contributed by atoms with Crippen molar-refractivity contribution in [2.45, 2.75) is 52.7 Å². The lowest BCUT2D eigenvalue weighted by molar-refractivity contribution is -0.148. The Kier molecular flexibility index (Phi) is 6.95. The number of aromatic nitrogens is 1. The van der Waals surface area contributed by atoms with Crippen molar-refractivity contribution in [1.82, 2.24) is 10.5 Å². The van der Waals surface area contributed by atoms with Crippen LogP contribution in [0.25, 0.3) is 10.6 Å². The number of rotatable bonds is 7. The molecule has 2 heterocycles. The highest BCUT2D eigenvalue weighted by molar-refractivity contribution is 7.13. The average Bonchev–Trinajstić information content (AvgIpc) is 3.41. The van der Waals surface area contributed by atoms with Crippen molar-refractivity contribution in [3.63, 3.8) is 0 Å². The summed E-state index contributed by atoms with van der Waals surface area (Å²) in [4.78, 5) is 26.3. The molecule has 0 spiro atoms. The van der Waals surface area contributed by atoms with Crippen molar-refractivity contribution in [3.8, 4) is 10.6 Å². The maximum Gasteiger partial charge on any atom is 0.329 e. The number of amides is 1. The van der Waals surface area contributed by atoms with E-state index in [-0.39, 0.29) is 23.8 Å². The first-order valence-electron chi connectivity index (χ1n) is 10.2. The van der Waals surface area contributed by atoms with Crippen LogP contribution in [0.15, 0.2) is 52.4 Å². The molecule has 0 bridgehead atoms. The fourth-order valence-electron chi connectivity index (χ4n) is 2.99. The molecule has 164 valence electrons. The van der Waals surface area contributed by atoms with Crippen molar-refractivity contribution in [3.05, 3.63) is 64.7 Å². The molecule has 0 fully saturated rings. The number of hydrogen-bond acceptors (Lipinski definition) is 6. The molecule has 0 unspecified atom stereocenters. The average molecular weight is 441 g/mol. The Hall–Kier alpha value is -2.93. The summed E-state index contributed by atoms with van der Waals surface area (Å²) < 4.78 is 10.7. The molecule has 3 aromatic rings. The lowest BCUT2D eigenvalue weighted by Crippen LogP contribution is -2.45. The number of carbonyl (C=O) groups excluding carboxylic acids is 2. The maximum atomic E-state index is 12.7. The van der Waals surface area contributed by atoms with E-state index in [2.05, 4.69) is 31.2 Å². The van der Waals surface area contributed by atoms with Crippen LogP contribution in [0.4, 0.5) is 0 Å². The molecule has 0 radical (unpaired) electrons. The minimum Gasteiger partial charge on any atom is -0.458 e. The maximum absolute atomic E-state index is 12.7. The lowest BCUT2D eigenvalue weighted by Gasteiger charge is -2.21. The molecule has 1 atom stereocenters. The van der Waals surface area contributed by atoms with E-state index in [4.69, 9.17) is 9.26 Å². The normalized spacial score (nSPS) is 12.6. The molecule has 0 aliphatic heterocycles. The topological polar surface area (TPSA) is 81.4 Å². The third-order valence-corrected chi connectivity index (χ3v) is 5.79. The highest BCUT2D eigenvalue weighted by Crippen LogP contribution is 2.25. The van der Waals surface area contributed by atoms with Crippen molar-refractivity contribution in [1.29, 1.82) is 0 Å². The van der Waals surface area contributed by atoms with Gasteiger partial charge in [-0.05, 0) is 40.5 Å². The first-order valence-corrected chi connectivity index (χ1v) is 11.1. The summed E-state index contributed by atoms with van der Waals surface area (Å²) in [5, 5.41) is 8.70. The van der Waals surface area contributed by atoms with Crippen molar-refractivity contribution < 1.29 is 18.8 Å². The van der Waals surface area contributed by atoms with Gasteiger partial charge in [-0.1, -0.05) is 58.0 Å². The molecule has 6 nitrogen and oxygen atoms in total. The molecule has 31 heavy (non-hydrogen) atoms. The van der Waals surface area contributed by atoms with Crippen LogP contribution in [0.3, 0.4) is 0 Å². The first-order chi connectivity index (χ1) is 14.6. The van der Waals surface area contributed by atoms with Gasteiger partial charge in [0.1, 0.15) is 18.3 Å². The molecule has 1 aromatic carbocycles. The molecule has 0 aliphatic carbocycles. The van der Waals surface area contributed by atoms with Crippen LogP contribution < -0.4 is 5.32 Å². The minimum atomic E-state index is -0.765. The number of hydrogen-bond donors (Lipinski definition) is 1. The number of esters is 1. The van der Waals surface area contributed by atoms with Crippen LogP contribution in [0, 0.1) is 5.92 Å². The quantitative estimate of drug-likeness (QED) is 0.511. The molecule has 0 saturated carbocycles. The molecule has 0 aliphatic rings. The van der Waals surface area contributed by atoms with Crippen LogP contribution in [-0.2, 0) is 21.6 Å². The largest absolute Gasteiger partial charge is 0.458 e. The van der Waals surface area contributed by atoms with Crippen LogP contribution in [0.5, 0.6) is 0 Å². The summed E-state index contributed by atoms with van der Waals surface area (Å²) in [6.45, 7) is 10.0. The van der Waals surface area contributed by atoms with Gasteiger partial charge >= 0.3 is 5.97 Å². The van der Waals surface area contributed by atoms with Crippen molar-refractivity contribution >= 4 is 23.2 Å². The molecule has 3 rings (SSSR count). The lowest BCUT2D eigenvalue weighted by atomic mass is 9.86. The van der Waals surface area contributed by atoms with Gasteiger partial charge in [-0.15, -0.1) is 11.3 Å². The second-order valence-electron chi connectivity index (χ2n) is 8.79. The van der Waals surface area contributed by atoms with Gasteiger partial charge in [0.2, 0.25) is 0 Å². The standard InChI is InChI=1S/C24H28N2O4S/c1-15(2)21(25-22(27)16-8-10-17(11-9-16)24(3,4)5)23(28)29-14-18-13-19(30-26-18)20-7-6-12-31-20/h6-13,15,21H,14H2,1-5H3,(H,25,27)/t21-/m0/s1. The van der Waals surface area contributed by atoms with Gasteiger partial charge in [-0.2, -0.15) is 0 Å².